The molecule has 1 aromatic carbocycles. The summed E-state index contributed by atoms with van der Waals surface area (Å²) in [6.07, 6.45) is 0.976. The van der Waals surface area contributed by atoms with Gasteiger partial charge < -0.3 is 4.98 Å². The summed E-state index contributed by atoms with van der Waals surface area (Å²) >= 11 is 0. The van der Waals surface area contributed by atoms with Gasteiger partial charge in [-0.2, -0.15) is 0 Å². The second-order valence-corrected chi connectivity index (χ2v) is 4.98. The molecule has 0 fully saturated rings. The summed E-state index contributed by atoms with van der Waals surface area (Å²) in [5.41, 5.74) is 1.23. The van der Waals surface area contributed by atoms with Gasteiger partial charge in [0.25, 0.3) is 5.56 Å². The lowest BCUT2D eigenvalue weighted by Crippen LogP contribution is -2.15. The number of fused-ring (bicyclic) bond motifs is 1. The van der Waals surface area contributed by atoms with E-state index in [9.17, 15) is 9.18 Å². The van der Waals surface area contributed by atoms with E-state index in [1.807, 2.05) is 12.1 Å². The Bertz CT molecular complexity index is 613. The fourth-order valence-electron chi connectivity index (χ4n) is 1.84. The molecular weight excluding hydrogens is 217 g/mol. The number of halogens is 1. The number of aromatic amines is 1. The molecule has 0 aliphatic carbocycles. The maximum absolute atomic E-state index is 13.7. The highest BCUT2D eigenvalue weighted by Gasteiger charge is 2.18. The molecule has 0 atom stereocenters. The zero-order valence-corrected chi connectivity index (χ0v) is 10.3. The zero-order valence-electron chi connectivity index (χ0n) is 10.3. The van der Waals surface area contributed by atoms with Crippen molar-refractivity contribution >= 4 is 10.9 Å². The Labute approximate surface area is 99.5 Å². The lowest BCUT2D eigenvalue weighted by atomic mass is 9.82. The first-order chi connectivity index (χ1) is 7.94. The average molecular weight is 233 g/mol. The minimum absolute atomic E-state index is 0.0107. The van der Waals surface area contributed by atoms with Crippen LogP contribution in [-0.2, 0) is 5.41 Å². The van der Waals surface area contributed by atoms with Crippen molar-refractivity contribution in [3.05, 3.63) is 46.0 Å². The lowest BCUT2D eigenvalue weighted by molar-refractivity contribution is 0.506. The van der Waals surface area contributed by atoms with Crippen LogP contribution in [0, 0.1) is 5.82 Å². The molecule has 0 unspecified atom stereocenters. The lowest BCUT2D eigenvalue weighted by Gasteiger charge is -2.23. The summed E-state index contributed by atoms with van der Waals surface area (Å²) in [5, 5.41) is 0.476. The predicted molar refractivity (Wildman–Crippen MR) is 67.8 cm³/mol. The van der Waals surface area contributed by atoms with E-state index in [0.717, 1.165) is 18.1 Å². The molecule has 0 radical (unpaired) electrons. The van der Waals surface area contributed by atoms with Gasteiger partial charge in [-0.1, -0.05) is 26.8 Å². The van der Waals surface area contributed by atoms with Gasteiger partial charge in [0.1, 0.15) is 5.82 Å². The van der Waals surface area contributed by atoms with E-state index in [1.54, 1.807) is 6.07 Å². The van der Waals surface area contributed by atoms with Gasteiger partial charge >= 0.3 is 0 Å². The molecule has 0 aliphatic heterocycles. The number of H-pyrrole nitrogens is 1. The third-order valence-electron chi connectivity index (χ3n) is 3.46. The second-order valence-electron chi connectivity index (χ2n) is 4.98. The van der Waals surface area contributed by atoms with Gasteiger partial charge in [0, 0.05) is 11.5 Å². The largest absolute Gasteiger partial charge is 0.322 e. The van der Waals surface area contributed by atoms with Crippen molar-refractivity contribution in [3.8, 4) is 0 Å². The number of benzene rings is 1. The van der Waals surface area contributed by atoms with Crippen molar-refractivity contribution in [1.29, 1.82) is 0 Å². The van der Waals surface area contributed by atoms with E-state index in [4.69, 9.17) is 0 Å². The van der Waals surface area contributed by atoms with Crippen LogP contribution in [0.25, 0.3) is 10.9 Å². The summed E-state index contributed by atoms with van der Waals surface area (Å²) < 4.78 is 13.7. The molecule has 1 aromatic heterocycles. The zero-order chi connectivity index (χ0) is 12.6. The molecule has 1 N–H and O–H groups in total. The van der Waals surface area contributed by atoms with Gasteiger partial charge in [0.05, 0.1) is 5.52 Å². The topological polar surface area (TPSA) is 32.9 Å². The standard InChI is InChI=1S/C14H16FNO/c1-4-14(2,3)9-5-6-12-10(7-9)11(15)8-13(17)16-12/h5-8H,4H2,1-3H3,(H,16,17). The Hall–Kier alpha value is -1.64. The van der Waals surface area contributed by atoms with Gasteiger partial charge in [-0.15, -0.1) is 0 Å². The fourth-order valence-corrected chi connectivity index (χ4v) is 1.84. The monoisotopic (exact) mass is 233 g/mol. The first kappa shape index (κ1) is 11.8. The summed E-state index contributed by atoms with van der Waals surface area (Å²) in [6.45, 7) is 6.35. The Morgan fingerprint density at radius 3 is 2.65 bits per heavy atom. The van der Waals surface area contributed by atoms with Gasteiger partial charge in [-0.3, -0.25) is 4.79 Å². The summed E-state index contributed by atoms with van der Waals surface area (Å²) in [4.78, 5) is 13.8. The third kappa shape index (κ3) is 2.09. The number of hydrogen-bond acceptors (Lipinski definition) is 1. The Morgan fingerprint density at radius 1 is 1.29 bits per heavy atom. The van der Waals surface area contributed by atoms with Crippen LogP contribution in [0.15, 0.2) is 29.1 Å². The fraction of sp³-hybridized carbons (Fsp3) is 0.357. The van der Waals surface area contributed by atoms with Crippen molar-refractivity contribution in [2.75, 3.05) is 0 Å². The highest BCUT2D eigenvalue weighted by molar-refractivity contribution is 5.80. The van der Waals surface area contributed by atoms with E-state index < -0.39 is 11.4 Å². The number of pyridine rings is 1. The van der Waals surface area contributed by atoms with E-state index in [-0.39, 0.29) is 5.41 Å². The number of hydrogen-bond donors (Lipinski definition) is 1. The highest BCUT2D eigenvalue weighted by atomic mass is 19.1. The first-order valence-electron chi connectivity index (χ1n) is 5.77. The second kappa shape index (κ2) is 3.99. The molecule has 0 saturated heterocycles. The van der Waals surface area contributed by atoms with Gasteiger partial charge in [-0.25, -0.2) is 4.39 Å². The molecule has 0 spiro atoms. The Balaban J connectivity index is 2.70. The van der Waals surface area contributed by atoms with Crippen LogP contribution in [0.1, 0.15) is 32.8 Å². The minimum atomic E-state index is -0.461. The molecular formula is C14H16FNO. The minimum Gasteiger partial charge on any atom is -0.322 e. The first-order valence-corrected chi connectivity index (χ1v) is 5.77. The van der Waals surface area contributed by atoms with Crippen LogP contribution in [-0.4, -0.2) is 4.98 Å². The molecule has 17 heavy (non-hydrogen) atoms. The molecule has 0 bridgehead atoms. The molecule has 2 nitrogen and oxygen atoms in total. The molecule has 90 valence electrons. The van der Waals surface area contributed by atoms with Crippen LogP contribution in [0.4, 0.5) is 4.39 Å². The van der Waals surface area contributed by atoms with Crippen LogP contribution >= 0.6 is 0 Å². The van der Waals surface area contributed by atoms with Crippen molar-refractivity contribution in [2.45, 2.75) is 32.6 Å². The van der Waals surface area contributed by atoms with Crippen molar-refractivity contribution < 1.29 is 4.39 Å². The molecule has 0 saturated carbocycles. The highest BCUT2D eigenvalue weighted by Crippen LogP contribution is 2.29. The van der Waals surface area contributed by atoms with E-state index in [0.29, 0.717) is 10.9 Å². The molecule has 0 aliphatic rings. The predicted octanol–water partition coefficient (Wildman–Crippen LogP) is 3.35. The van der Waals surface area contributed by atoms with Crippen LogP contribution in [0.3, 0.4) is 0 Å². The molecule has 2 rings (SSSR count). The maximum atomic E-state index is 13.7. The van der Waals surface area contributed by atoms with E-state index in [1.165, 1.54) is 0 Å². The van der Waals surface area contributed by atoms with E-state index in [2.05, 4.69) is 25.8 Å². The number of aromatic nitrogens is 1. The van der Waals surface area contributed by atoms with Crippen molar-refractivity contribution in [1.82, 2.24) is 4.98 Å². The van der Waals surface area contributed by atoms with E-state index >= 15 is 0 Å². The molecule has 0 amide bonds. The Morgan fingerprint density at radius 2 is 2.00 bits per heavy atom. The summed E-state index contributed by atoms with van der Waals surface area (Å²) in [6, 6.07) is 6.53. The van der Waals surface area contributed by atoms with Crippen molar-refractivity contribution in [2.24, 2.45) is 0 Å². The third-order valence-corrected chi connectivity index (χ3v) is 3.46. The van der Waals surface area contributed by atoms with Gasteiger partial charge in [0.15, 0.2) is 0 Å². The van der Waals surface area contributed by atoms with Crippen LogP contribution in [0.2, 0.25) is 0 Å². The average Bonchev–Trinajstić information content (AvgIpc) is 2.28. The quantitative estimate of drug-likeness (QED) is 0.847. The summed E-state index contributed by atoms with van der Waals surface area (Å²) in [7, 11) is 0. The Kier molecular flexibility index (Phi) is 2.77. The van der Waals surface area contributed by atoms with Crippen molar-refractivity contribution in [3.63, 3.8) is 0 Å². The van der Waals surface area contributed by atoms with Gasteiger partial charge in [-0.05, 0) is 29.5 Å². The normalized spacial score (nSPS) is 12.0. The molecule has 3 heteroatoms. The number of nitrogens with one attached hydrogen (secondary N) is 1. The van der Waals surface area contributed by atoms with Crippen LogP contribution in [0.5, 0.6) is 0 Å². The molecule has 2 aromatic rings. The molecule has 1 heterocycles. The van der Waals surface area contributed by atoms with Gasteiger partial charge in [0.2, 0.25) is 0 Å². The number of rotatable bonds is 2. The maximum Gasteiger partial charge on any atom is 0.251 e. The SMILES string of the molecule is CCC(C)(C)c1ccc2[nH]c(=O)cc(F)c2c1. The van der Waals surface area contributed by atoms with Crippen LogP contribution < -0.4 is 5.56 Å². The smallest absolute Gasteiger partial charge is 0.251 e. The summed E-state index contributed by atoms with van der Waals surface area (Å²) in [5.74, 6) is -0.461.